The van der Waals surface area contributed by atoms with Crippen LogP contribution in [0.1, 0.15) is 48.0 Å². The van der Waals surface area contributed by atoms with Crippen LogP contribution in [0.4, 0.5) is 5.13 Å². The molecule has 0 amide bonds. The van der Waals surface area contributed by atoms with E-state index in [2.05, 4.69) is 23.7 Å². The van der Waals surface area contributed by atoms with Gasteiger partial charge in [-0.15, -0.1) is 0 Å². The zero-order valence-corrected chi connectivity index (χ0v) is 12.0. The van der Waals surface area contributed by atoms with Crippen molar-refractivity contribution < 1.29 is 9.53 Å². The second-order valence-electron chi connectivity index (χ2n) is 4.96. The van der Waals surface area contributed by atoms with Crippen molar-refractivity contribution in [2.45, 2.75) is 38.7 Å². The number of hydrogen-bond donors (Lipinski definition) is 0. The van der Waals surface area contributed by atoms with Gasteiger partial charge >= 0.3 is 0 Å². The second kappa shape index (κ2) is 5.80. The van der Waals surface area contributed by atoms with Gasteiger partial charge in [-0.05, 0) is 18.8 Å². The molecule has 1 saturated heterocycles. The zero-order chi connectivity index (χ0) is 13.1. The van der Waals surface area contributed by atoms with E-state index in [1.54, 1.807) is 7.11 Å². The molecule has 1 aliphatic heterocycles. The Balaban J connectivity index is 2.20. The van der Waals surface area contributed by atoms with E-state index >= 15 is 0 Å². The Kier molecular flexibility index (Phi) is 4.35. The number of nitrogens with zero attached hydrogens (tertiary/aromatic N) is 2. The molecule has 0 spiro atoms. The molecule has 1 unspecified atom stereocenters. The lowest BCUT2D eigenvalue weighted by atomic mass is 10.1. The SMILES string of the molecule is COC1CCCN(c2nc(C(C)C)c(C=O)s2)C1. The molecule has 100 valence electrons. The fourth-order valence-corrected chi connectivity index (χ4v) is 3.34. The van der Waals surface area contributed by atoms with E-state index in [1.807, 2.05) is 0 Å². The number of carbonyl (C=O) groups is 1. The molecule has 1 aromatic heterocycles. The highest BCUT2D eigenvalue weighted by atomic mass is 32.1. The summed E-state index contributed by atoms with van der Waals surface area (Å²) in [5, 5.41) is 0.961. The van der Waals surface area contributed by atoms with Gasteiger partial charge in [0, 0.05) is 20.2 Å². The van der Waals surface area contributed by atoms with Crippen LogP contribution in [0, 0.1) is 0 Å². The molecule has 2 heterocycles. The van der Waals surface area contributed by atoms with Crippen molar-refractivity contribution in [1.82, 2.24) is 4.98 Å². The van der Waals surface area contributed by atoms with Gasteiger partial charge in [-0.25, -0.2) is 4.98 Å². The highest BCUT2D eigenvalue weighted by molar-refractivity contribution is 7.17. The quantitative estimate of drug-likeness (QED) is 0.787. The molecule has 1 aromatic rings. The van der Waals surface area contributed by atoms with Gasteiger partial charge in [-0.2, -0.15) is 0 Å². The Morgan fingerprint density at radius 3 is 2.89 bits per heavy atom. The lowest BCUT2D eigenvalue weighted by Crippen LogP contribution is -2.39. The molecular weight excluding hydrogens is 248 g/mol. The van der Waals surface area contributed by atoms with Crippen LogP contribution in [0.3, 0.4) is 0 Å². The molecule has 0 N–H and O–H groups in total. The van der Waals surface area contributed by atoms with Gasteiger partial charge in [0.15, 0.2) is 11.4 Å². The molecule has 1 aliphatic rings. The first-order valence-corrected chi connectivity index (χ1v) is 7.21. The summed E-state index contributed by atoms with van der Waals surface area (Å²) in [7, 11) is 1.76. The molecule has 1 atom stereocenters. The topological polar surface area (TPSA) is 42.4 Å². The third-order valence-electron chi connectivity index (χ3n) is 3.31. The number of ether oxygens (including phenoxy) is 1. The first-order valence-electron chi connectivity index (χ1n) is 6.39. The Morgan fingerprint density at radius 2 is 2.33 bits per heavy atom. The smallest absolute Gasteiger partial charge is 0.186 e. The first kappa shape index (κ1) is 13.5. The Morgan fingerprint density at radius 1 is 1.56 bits per heavy atom. The molecule has 0 saturated carbocycles. The Bertz CT molecular complexity index is 417. The minimum Gasteiger partial charge on any atom is -0.380 e. The van der Waals surface area contributed by atoms with Gasteiger partial charge in [0.25, 0.3) is 0 Å². The van der Waals surface area contributed by atoms with Crippen molar-refractivity contribution in [3.8, 4) is 0 Å². The summed E-state index contributed by atoms with van der Waals surface area (Å²) in [6.07, 6.45) is 3.43. The molecule has 4 nitrogen and oxygen atoms in total. The van der Waals surface area contributed by atoms with E-state index in [9.17, 15) is 4.79 Å². The summed E-state index contributed by atoms with van der Waals surface area (Å²) in [4.78, 5) is 18.7. The van der Waals surface area contributed by atoms with Crippen molar-refractivity contribution in [3.05, 3.63) is 10.6 Å². The van der Waals surface area contributed by atoms with E-state index in [-0.39, 0.29) is 6.10 Å². The average molecular weight is 268 g/mol. The summed E-state index contributed by atoms with van der Waals surface area (Å²) >= 11 is 1.50. The van der Waals surface area contributed by atoms with Gasteiger partial charge in [-0.3, -0.25) is 4.79 Å². The molecule has 0 bridgehead atoms. The van der Waals surface area contributed by atoms with Crippen molar-refractivity contribution >= 4 is 22.8 Å². The zero-order valence-electron chi connectivity index (χ0n) is 11.2. The van der Waals surface area contributed by atoms with Crippen LogP contribution in [0.15, 0.2) is 0 Å². The third kappa shape index (κ3) is 2.72. The lowest BCUT2D eigenvalue weighted by molar-refractivity contribution is 0.0893. The number of anilines is 1. The lowest BCUT2D eigenvalue weighted by Gasteiger charge is -2.31. The maximum absolute atomic E-state index is 11.1. The van der Waals surface area contributed by atoms with Gasteiger partial charge in [0.05, 0.1) is 16.7 Å². The standard InChI is InChI=1S/C13H20N2O2S/c1-9(2)12-11(8-16)18-13(14-12)15-6-4-5-10(7-15)17-3/h8-10H,4-7H2,1-3H3. The monoisotopic (exact) mass is 268 g/mol. The van der Waals surface area contributed by atoms with Crippen LogP contribution in [-0.2, 0) is 4.74 Å². The van der Waals surface area contributed by atoms with Crippen LogP contribution in [0.25, 0.3) is 0 Å². The molecule has 1 fully saturated rings. The Hall–Kier alpha value is -0.940. The van der Waals surface area contributed by atoms with E-state index < -0.39 is 0 Å². The highest BCUT2D eigenvalue weighted by Crippen LogP contribution is 2.31. The molecule has 0 aliphatic carbocycles. The number of hydrogen-bond acceptors (Lipinski definition) is 5. The minimum absolute atomic E-state index is 0.282. The summed E-state index contributed by atoms with van der Waals surface area (Å²) in [5.41, 5.74) is 0.921. The van der Waals surface area contributed by atoms with Crippen molar-refractivity contribution in [3.63, 3.8) is 0 Å². The van der Waals surface area contributed by atoms with Crippen LogP contribution < -0.4 is 4.90 Å². The fraction of sp³-hybridized carbons (Fsp3) is 0.692. The average Bonchev–Trinajstić information content (AvgIpc) is 2.83. The van der Waals surface area contributed by atoms with Gasteiger partial charge in [-0.1, -0.05) is 25.2 Å². The van der Waals surface area contributed by atoms with E-state index in [0.29, 0.717) is 5.92 Å². The first-order chi connectivity index (χ1) is 8.65. The Labute approximate surface area is 112 Å². The number of piperidine rings is 1. The molecule has 2 rings (SSSR count). The summed E-state index contributed by atoms with van der Waals surface area (Å²) in [6.45, 7) is 6.02. The normalized spacial score (nSPS) is 20.4. The van der Waals surface area contributed by atoms with Gasteiger partial charge in [0.1, 0.15) is 0 Å². The highest BCUT2D eigenvalue weighted by Gasteiger charge is 2.23. The fourth-order valence-electron chi connectivity index (χ4n) is 2.27. The van der Waals surface area contributed by atoms with E-state index in [0.717, 1.165) is 47.9 Å². The second-order valence-corrected chi connectivity index (χ2v) is 5.97. The molecule has 5 heteroatoms. The van der Waals surface area contributed by atoms with Crippen LogP contribution >= 0.6 is 11.3 Å². The maximum Gasteiger partial charge on any atom is 0.186 e. The van der Waals surface area contributed by atoms with Crippen LogP contribution in [-0.4, -0.2) is 37.6 Å². The molecular formula is C13H20N2O2S. The van der Waals surface area contributed by atoms with Gasteiger partial charge in [0.2, 0.25) is 0 Å². The van der Waals surface area contributed by atoms with Gasteiger partial charge < -0.3 is 9.64 Å². The summed E-state index contributed by atoms with van der Waals surface area (Å²) in [5.74, 6) is 0.290. The number of carbonyl (C=O) groups excluding carboxylic acids is 1. The summed E-state index contributed by atoms with van der Waals surface area (Å²) in [6, 6.07) is 0. The predicted octanol–water partition coefficient (Wildman–Crippen LogP) is 2.69. The largest absolute Gasteiger partial charge is 0.380 e. The van der Waals surface area contributed by atoms with Crippen molar-refractivity contribution in [2.24, 2.45) is 0 Å². The third-order valence-corrected chi connectivity index (χ3v) is 4.36. The maximum atomic E-state index is 11.1. The van der Waals surface area contributed by atoms with Crippen molar-refractivity contribution in [2.75, 3.05) is 25.1 Å². The molecule has 18 heavy (non-hydrogen) atoms. The molecule has 0 aromatic carbocycles. The number of thiazole rings is 1. The minimum atomic E-state index is 0.282. The predicted molar refractivity (Wildman–Crippen MR) is 73.8 cm³/mol. The summed E-state index contributed by atoms with van der Waals surface area (Å²) < 4.78 is 5.42. The number of rotatable bonds is 4. The number of methoxy groups -OCH3 is 1. The van der Waals surface area contributed by atoms with Crippen LogP contribution in [0.5, 0.6) is 0 Å². The number of aldehydes is 1. The van der Waals surface area contributed by atoms with Crippen molar-refractivity contribution in [1.29, 1.82) is 0 Å². The molecule has 0 radical (unpaired) electrons. The van der Waals surface area contributed by atoms with E-state index in [1.165, 1.54) is 11.3 Å². The van der Waals surface area contributed by atoms with Crippen LogP contribution in [0.2, 0.25) is 0 Å². The number of aromatic nitrogens is 1. The van der Waals surface area contributed by atoms with E-state index in [4.69, 9.17) is 4.74 Å².